The molecule has 2 aromatic rings. The minimum absolute atomic E-state index is 0.0375. The van der Waals surface area contributed by atoms with Crippen molar-refractivity contribution in [2.45, 2.75) is 19.9 Å². The second-order valence-electron chi connectivity index (χ2n) is 5.15. The summed E-state index contributed by atoms with van der Waals surface area (Å²) in [6.07, 6.45) is -0.0375. The number of urea groups is 1. The Bertz CT molecular complexity index is 681. The van der Waals surface area contributed by atoms with Crippen LogP contribution in [0.5, 0.6) is 5.75 Å². The molecular weight excluding hydrogens is 308 g/mol. The zero-order valence-electron chi connectivity index (χ0n) is 13.4. The van der Waals surface area contributed by atoms with Gasteiger partial charge in [-0.1, -0.05) is 24.3 Å². The Hall–Kier alpha value is -3.02. The van der Waals surface area contributed by atoms with Gasteiger partial charge in [0.05, 0.1) is 13.0 Å². The topological polar surface area (TPSA) is 87.7 Å². The van der Waals surface area contributed by atoms with Gasteiger partial charge in [-0.05, 0) is 42.3 Å². The maximum atomic E-state index is 11.9. The molecule has 0 atom stereocenters. The van der Waals surface area contributed by atoms with E-state index in [2.05, 4.69) is 10.6 Å². The minimum Gasteiger partial charge on any atom is -0.494 e. The summed E-state index contributed by atoms with van der Waals surface area (Å²) in [6, 6.07) is 13.9. The Balaban J connectivity index is 1.81. The van der Waals surface area contributed by atoms with E-state index in [9.17, 15) is 9.59 Å². The van der Waals surface area contributed by atoms with Gasteiger partial charge in [0.25, 0.3) is 0 Å². The summed E-state index contributed by atoms with van der Waals surface area (Å²) in [7, 11) is 0. The molecule has 0 aliphatic heterocycles. The van der Waals surface area contributed by atoms with Gasteiger partial charge in [-0.3, -0.25) is 4.79 Å². The molecule has 0 saturated carbocycles. The first-order valence-corrected chi connectivity index (χ1v) is 7.64. The Morgan fingerprint density at radius 3 is 2.21 bits per heavy atom. The van der Waals surface area contributed by atoms with E-state index in [4.69, 9.17) is 9.84 Å². The summed E-state index contributed by atoms with van der Waals surface area (Å²) in [5.41, 5.74) is 2.25. The number of carboxylic acid groups (broad SMARTS) is 1. The van der Waals surface area contributed by atoms with Crippen LogP contribution in [0.4, 0.5) is 10.5 Å². The second-order valence-corrected chi connectivity index (χ2v) is 5.15. The molecule has 24 heavy (non-hydrogen) atoms. The maximum Gasteiger partial charge on any atom is 0.319 e. The van der Waals surface area contributed by atoms with Crippen molar-refractivity contribution in [1.82, 2.24) is 5.32 Å². The monoisotopic (exact) mass is 328 g/mol. The van der Waals surface area contributed by atoms with Crippen LogP contribution in [-0.4, -0.2) is 23.7 Å². The largest absolute Gasteiger partial charge is 0.494 e. The average molecular weight is 328 g/mol. The summed E-state index contributed by atoms with van der Waals surface area (Å²) >= 11 is 0. The van der Waals surface area contributed by atoms with Crippen LogP contribution < -0.4 is 15.4 Å². The highest BCUT2D eigenvalue weighted by Gasteiger charge is 2.04. The quantitative estimate of drug-likeness (QED) is 0.729. The van der Waals surface area contributed by atoms with Crippen molar-refractivity contribution in [2.75, 3.05) is 11.9 Å². The third-order valence-corrected chi connectivity index (χ3v) is 3.25. The normalized spacial score (nSPS) is 10.0. The van der Waals surface area contributed by atoms with Crippen molar-refractivity contribution in [3.05, 3.63) is 59.7 Å². The molecule has 0 saturated heterocycles. The van der Waals surface area contributed by atoms with E-state index in [0.29, 0.717) is 24.4 Å². The molecule has 126 valence electrons. The smallest absolute Gasteiger partial charge is 0.319 e. The molecular formula is C18H20N2O4. The van der Waals surface area contributed by atoms with E-state index in [-0.39, 0.29) is 12.5 Å². The lowest BCUT2D eigenvalue weighted by Crippen LogP contribution is -2.28. The number of carbonyl (C=O) groups is 2. The summed E-state index contributed by atoms with van der Waals surface area (Å²) in [5, 5.41) is 14.2. The number of hydrogen-bond donors (Lipinski definition) is 3. The third kappa shape index (κ3) is 5.64. The second kappa shape index (κ2) is 8.57. The summed E-state index contributed by atoms with van der Waals surface area (Å²) in [6.45, 7) is 2.94. The zero-order valence-corrected chi connectivity index (χ0v) is 13.4. The first kappa shape index (κ1) is 17.3. The van der Waals surface area contributed by atoms with Gasteiger partial charge in [-0.15, -0.1) is 0 Å². The van der Waals surface area contributed by atoms with E-state index in [0.717, 1.165) is 11.3 Å². The fourth-order valence-electron chi connectivity index (χ4n) is 2.11. The van der Waals surface area contributed by atoms with Crippen LogP contribution in [0.3, 0.4) is 0 Å². The number of benzene rings is 2. The fraction of sp³-hybridized carbons (Fsp3) is 0.222. The number of carboxylic acids is 1. The van der Waals surface area contributed by atoms with Crippen molar-refractivity contribution in [2.24, 2.45) is 0 Å². The first-order chi connectivity index (χ1) is 11.6. The van der Waals surface area contributed by atoms with Crippen LogP contribution >= 0.6 is 0 Å². The van der Waals surface area contributed by atoms with Crippen LogP contribution in [0.1, 0.15) is 18.1 Å². The van der Waals surface area contributed by atoms with Gasteiger partial charge in [0, 0.05) is 12.2 Å². The lowest BCUT2D eigenvalue weighted by molar-refractivity contribution is -0.136. The van der Waals surface area contributed by atoms with Gasteiger partial charge < -0.3 is 20.5 Å². The van der Waals surface area contributed by atoms with Gasteiger partial charge >= 0.3 is 12.0 Å². The molecule has 0 unspecified atom stereocenters. The Labute approximate surface area is 140 Å². The molecule has 6 heteroatoms. The van der Waals surface area contributed by atoms with Crippen molar-refractivity contribution in [1.29, 1.82) is 0 Å². The Kier molecular flexibility index (Phi) is 6.19. The Morgan fingerprint density at radius 2 is 1.62 bits per heavy atom. The lowest BCUT2D eigenvalue weighted by atomic mass is 10.1. The number of anilines is 1. The lowest BCUT2D eigenvalue weighted by Gasteiger charge is -2.09. The molecule has 0 heterocycles. The molecule has 2 rings (SSSR count). The molecule has 3 N–H and O–H groups in total. The average Bonchev–Trinajstić information content (AvgIpc) is 2.56. The number of rotatable bonds is 7. The van der Waals surface area contributed by atoms with E-state index in [1.54, 1.807) is 24.3 Å². The molecule has 0 aliphatic rings. The van der Waals surface area contributed by atoms with Gasteiger partial charge in [0.2, 0.25) is 0 Å². The van der Waals surface area contributed by atoms with E-state index >= 15 is 0 Å². The van der Waals surface area contributed by atoms with E-state index in [1.165, 1.54) is 0 Å². The zero-order chi connectivity index (χ0) is 17.4. The molecule has 6 nitrogen and oxygen atoms in total. The van der Waals surface area contributed by atoms with Gasteiger partial charge in [-0.2, -0.15) is 0 Å². The SMILES string of the molecule is CCOc1ccc(CNC(=O)Nc2ccc(CC(=O)O)cc2)cc1. The number of hydrogen-bond acceptors (Lipinski definition) is 3. The van der Waals surface area contributed by atoms with Crippen molar-refractivity contribution >= 4 is 17.7 Å². The van der Waals surface area contributed by atoms with E-state index < -0.39 is 5.97 Å². The molecule has 0 bridgehead atoms. The maximum absolute atomic E-state index is 11.9. The predicted octanol–water partition coefficient (Wildman–Crippen LogP) is 3.03. The van der Waals surface area contributed by atoms with Crippen LogP contribution in [0.25, 0.3) is 0 Å². The summed E-state index contributed by atoms with van der Waals surface area (Å²) < 4.78 is 5.36. The minimum atomic E-state index is -0.885. The van der Waals surface area contributed by atoms with Gasteiger partial charge in [0.1, 0.15) is 5.75 Å². The van der Waals surface area contributed by atoms with Crippen molar-refractivity contribution in [3.8, 4) is 5.75 Å². The van der Waals surface area contributed by atoms with Gasteiger partial charge in [0.15, 0.2) is 0 Å². The van der Waals surface area contributed by atoms with Crippen LogP contribution in [0.2, 0.25) is 0 Å². The third-order valence-electron chi connectivity index (χ3n) is 3.25. The fourth-order valence-corrected chi connectivity index (χ4v) is 2.11. The van der Waals surface area contributed by atoms with Crippen LogP contribution in [0.15, 0.2) is 48.5 Å². The van der Waals surface area contributed by atoms with Crippen molar-refractivity contribution in [3.63, 3.8) is 0 Å². The molecule has 2 amide bonds. The molecule has 0 fully saturated rings. The van der Waals surface area contributed by atoms with Gasteiger partial charge in [-0.25, -0.2) is 4.79 Å². The number of amides is 2. The Morgan fingerprint density at radius 1 is 1.00 bits per heavy atom. The molecule has 2 aromatic carbocycles. The van der Waals surface area contributed by atoms with E-state index in [1.807, 2.05) is 31.2 Å². The van der Waals surface area contributed by atoms with Crippen molar-refractivity contribution < 1.29 is 19.4 Å². The highest BCUT2D eigenvalue weighted by atomic mass is 16.5. The number of aliphatic carboxylic acids is 1. The predicted molar refractivity (Wildman–Crippen MR) is 91.3 cm³/mol. The number of carbonyl (C=O) groups excluding carboxylic acids is 1. The number of ether oxygens (including phenoxy) is 1. The van der Waals surface area contributed by atoms with Crippen LogP contribution in [0, 0.1) is 0 Å². The standard InChI is InChI=1S/C18H20N2O4/c1-2-24-16-9-5-14(6-10-16)12-19-18(23)20-15-7-3-13(4-8-15)11-17(21)22/h3-10H,2,11-12H2,1H3,(H,21,22)(H2,19,20,23). The molecule has 0 spiro atoms. The molecule has 0 radical (unpaired) electrons. The highest BCUT2D eigenvalue weighted by Crippen LogP contribution is 2.12. The molecule has 0 aliphatic carbocycles. The summed E-state index contributed by atoms with van der Waals surface area (Å²) in [4.78, 5) is 22.5. The summed E-state index contributed by atoms with van der Waals surface area (Å²) in [5.74, 6) is -0.0871. The molecule has 0 aromatic heterocycles. The number of nitrogens with one attached hydrogen (secondary N) is 2. The highest BCUT2D eigenvalue weighted by molar-refractivity contribution is 5.89. The van der Waals surface area contributed by atoms with Crippen LogP contribution in [-0.2, 0) is 17.8 Å². The first-order valence-electron chi connectivity index (χ1n) is 7.64.